The van der Waals surface area contributed by atoms with Gasteiger partial charge < -0.3 is 10.3 Å². The smallest absolute Gasteiger partial charge is 0.243 e. The molecule has 0 bridgehead atoms. The molecule has 3 N–H and O–H groups in total. The van der Waals surface area contributed by atoms with Gasteiger partial charge in [-0.15, -0.1) is 0 Å². The first-order valence-electron chi connectivity index (χ1n) is 8.83. The number of nitrogens with two attached hydrogens (primary N) is 1. The number of anilines is 1. The van der Waals surface area contributed by atoms with Gasteiger partial charge in [-0.05, 0) is 55.5 Å². The van der Waals surface area contributed by atoms with Gasteiger partial charge in [-0.2, -0.15) is 0 Å². The minimum atomic E-state index is -3.65. The van der Waals surface area contributed by atoms with Crippen molar-refractivity contribution < 1.29 is 8.42 Å². The zero-order valence-electron chi connectivity index (χ0n) is 15.0. The molecule has 26 heavy (non-hydrogen) atoms. The Morgan fingerprint density at radius 3 is 2.77 bits per heavy atom. The number of nitrogens with one attached hydrogen (secondary N) is 1. The van der Waals surface area contributed by atoms with E-state index < -0.39 is 10.0 Å². The number of nitrogen functional groups attached to an aromatic ring is 1. The summed E-state index contributed by atoms with van der Waals surface area (Å²) in [6, 6.07) is 13.1. The number of hydrogen-bond donors (Lipinski definition) is 2. The summed E-state index contributed by atoms with van der Waals surface area (Å²) >= 11 is 0. The number of aryl methyl sites for hydroxylation is 2. The average Bonchev–Trinajstić information content (AvgIpc) is 2.86. The minimum Gasteiger partial charge on any atom is -0.399 e. The van der Waals surface area contributed by atoms with Crippen LogP contribution in [-0.2, 0) is 23.5 Å². The lowest BCUT2D eigenvalue weighted by atomic mass is 9.88. The molecule has 0 radical (unpaired) electrons. The molecule has 1 aliphatic rings. The van der Waals surface area contributed by atoms with Gasteiger partial charge in [0.15, 0.2) is 0 Å². The van der Waals surface area contributed by atoms with Crippen molar-refractivity contribution in [3.8, 4) is 0 Å². The fourth-order valence-electron chi connectivity index (χ4n) is 4.03. The molecular weight excluding hydrogens is 346 g/mol. The molecule has 1 unspecified atom stereocenters. The molecule has 6 heteroatoms. The zero-order valence-corrected chi connectivity index (χ0v) is 15.8. The van der Waals surface area contributed by atoms with E-state index in [0.717, 1.165) is 52.7 Å². The third kappa shape index (κ3) is 2.70. The molecule has 0 aliphatic heterocycles. The molecular formula is C20H23N3O2S. The second-order valence-corrected chi connectivity index (χ2v) is 8.67. The van der Waals surface area contributed by atoms with Crippen molar-refractivity contribution in [1.82, 2.24) is 9.29 Å². The van der Waals surface area contributed by atoms with E-state index in [1.54, 1.807) is 0 Å². The van der Waals surface area contributed by atoms with Crippen LogP contribution in [-0.4, -0.2) is 13.0 Å². The van der Waals surface area contributed by atoms with Gasteiger partial charge in [0.1, 0.15) is 4.90 Å². The predicted octanol–water partition coefficient (Wildman–Crippen LogP) is 3.42. The number of hydrogen-bond acceptors (Lipinski definition) is 3. The van der Waals surface area contributed by atoms with Crippen molar-refractivity contribution in [2.45, 2.75) is 37.1 Å². The Morgan fingerprint density at radius 1 is 1.19 bits per heavy atom. The Kier molecular flexibility index (Phi) is 4.04. The summed E-state index contributed by atoms with van der Waals surface area (Å²) in [4.78, 5) is 0.373. The van der Waals surface area contributed by atoms with Gasteiger partial charge in [0, 0.05) is 35.4 Å². The van der Waals surface area contributed by atoms with E-state index in [1.165, 1.54) is 0 Å². The quantitative estimate of drug-likeness (QED) is 0.695. The van der Waals surface area contributed by atoms with Crippen molar-refractivity contribution in [3.05, 3.63) is 59.3 Å². The SMILES string of the molecule is Cc1c(S(=O)(=O)NC2CCCc3cc(N)ccc32)c2ccccc2n1C. The molecule has 1 heterocycles. The summed E-state index contributed by atoms with van der Waals surface area (Å²) in [6.45, 7) is 1.85. The fourth-order valence-corrected chi connectivity index (χ4v) is 5.75. The van der Waals surface area contributed by atoms with Gasteiger partial charge in [0.05, 0.1) is 0 Å². The zero-order chi connectivity index (χ0) is 18.5. The highest BCUT2D eigenvalue weighted by atomic mass is 32.2. The van der Waals surface area contributed by atoms with E-state index >= 15 is 0 Å². The lowest BCUT2D eigenvalue weighted by Gasteiger charge is -2.26. The Balaban J connectivity index is 1.78. The van der Waals surface area contributed by atoms with Crippen molar-refractivity contribution in [1.29, 1.82) is 0 Å². The van der Waals surface area contributed by atoms with Gasteiger partial charge in [0.2, 0.25) is 10.0 Å². The summed E-state index contributed by atoms with van der Waals surface area (Å²) in [7, 11) is -1.75. The molecule has 0 fully saturated rings. The normalized spacial score (nSPS) is 17.4. The first kappa shape index (κ1) is 17.1. The minimum absolute atomic E-state index is 0.220. The van der Waals surface area contributed by atoms with Crippen LogP contribution in [0.2, 0.25) is 0 Å². The second kappa shape index (κ2) is 6.14. The number of benzene rings is 2. The maximum absolute atomic E-state index is 13.3. The van der Waals surface area contributed by atoms with Crippen LogP contribution in [0.3, 0.4) is 0 Å². The van der Waals surface area contributed by atoms with E-state index in [1.807, 2.05) is 61.0 Å². The average molecular weight is 369 g/mol. The highest BCUT2D eigenvalue weighted by molar-refractivity contribution is 7.89. The monoisotopic (exact) mass is 369 g/mol. The number of nitrogens with zero attached hydrogens (tertiary/aromatic N) is 1. The number of sulfonamides is 1. The van der Waals surface area contributed by atoms with Gasteiger partial charge in [-0.3, -0.25) is 0 Å². The summed E-state index contributed by atoms with van der Waals surface area (Å²) in [6.07, 6.45) is 2.67. The topological polar surface area (TPSA) is 77.1 Å². The van der Waals surface area contributed by atoms with E-state index in [4.69, 9.17) is 5.73 Å². The molecule has 1 aromatic heterocycles. The lowest BCUT2D eigenvalue weighted by molar-refractivity contribution is 0.507. The molecule has 4 rings (SSSR count). The summed E-state index contributed by atoms with van der Waals surface area (Å²) in [5.41, 5.74) is 10.4. The molecule has 5 nitrogen and oxygen atoms in total. The summed E-state index contributed by atoms with van der Waals surface area (Å²) < 4.78 is 31.4. The molecule has 136 valence electrons. The highest BCUT2D eigenvalue weighted by Crippen LogP contribution is 2.34. The highest BCUT2D eigenvalue weighted by Gasteiger charge is 2.29. The van der Waals surface area contributed by atoms with Gasteiger partial charge >= 0.3 is 0 Å². The Bertz CT molecular complexity index is 1100. The van der Waals surface area contributed by atoms with Gasteiger partial charge in [-0.25, -0.2) is 13.1 Å². The maximum atomic E-state index is 13.3. The van der Waals surface area contributed by atoms with Crippen LogP contribution >= 0.6 is 0 Å². The maximum Gasteiger partial charge on any atom is 0.243 e. The molecule has 2 aromatic carbocycles. The van der Waals surface area contributed by atoms with Crippen LogP contribution in [0.15, 0.2) is 47.4 Å². The standard InChI is InChI=1S/C20H23N3O2S/c1-13-20(17-7-3-4-9-19(17)23(13)2)26(24,25)22-18-8-5-6-14-12-15(21)10-11-16(14)18/h3-4,7,9-12,18,22H,5-6,8,21H2,1-2H3. The molecule has 3 aromatic rings. The van der Waals surface area contributed by atoms with Crippen LogP contribution in [0.5, 0.6) is 0 Å². The Morgan fingerprint density at radius 2 is 1.96 bits per heavy atom. The Labute approximate surface area is 153 Å². The van der Waals surface area contributed by atoms with E-state index in [0.29, 0.717) is 4.90 Å². The van der Waals surface area contributed by atoms with Crippen molar-refractivity contribution in [2.24, 2.45) is 7.05 Å². The van der Waals surface area contributed by atoms with Crippen LogP contribution < -0.4 is 10.5 Å². The third-order valence-electron chi connectivity index (χ3n) is 5.39. The number of rotatable bonds is 3. The number of fused-ring (bicyclic) bond motifs is 2. The van der Waals surface area contributed by atoms with E-state index in [9.17, 15) is 8.42 Å². The second-order valence-electron chi connectivity index (χ2n) is 7.02. The molecule has 1 atom stereocenters. The van der Waals surface area contributed by atoms with Crippen LogP contribution in [0.25, 0.3) is 10.9 Å². The van der Waals surface area contributed by atoms with Gasteiger partial charge in [-0.1, -0.05) is 24.3 Å². The van der Waals surface area contributed by atoms with E-state index in [2.05, 4.69) is 4.72 Å². The van der Waals surface area contributed by atoms with Crippen LogP contribution in [0.1, 0.15) is 35.7 Å². The molecule has 0 spiro atoms. The first-order valence-corrected chi connectivity index (χ1v) is 10.3. The van der Waals surface area contributed by atoms with Crippen molar-refractivity contribution >= 4 is 26.6 Å². The van der Waals surface area contributed by atoms with Gasteiger partial charge in [0.25, 0.3) is 0 Å². The molecule has 1 aliphatic carbocycles. The molecule has 0 saturated heterocycles. The summed E-state index contributed by atoms with van der Waals surface area (Å²) in [5, 5.41) is 0.758. The molecule has 0 saturated carbocycles. The largest absolute Gasteiger partial charge is 0.399 e. The lowest BCUT2D eigenvalue weighted by Crippen LogP contribution is -2.31. The summed E-state index contributed by atoms with van der Waals surface area (Å²) in [5.74, 6) is 0. The first-order chi connectivity index (χ1) is 12.4. The fraction of sp³-hybridized carbons (Fsp3) is 0.300. The predicted molar refractivity (Wildman–Crippen MR) is 105 cm³/mol. The van der Waals surface area contributed by atoms with Crippen LogP contribution in [0.4, 0.5) is 5.69 Å². The molecule has 0 amide bonds. The van der Waals surface area contributed by atoms with Crippen LogP contribution in [0, 0.1) is 6.92 Å². The van der Waals surface area contributed by atoms with Crippen molar-refractivity contribution in [2.75, 3.05) is 5.73 Å². The van der Waals surface area contributed by atoms with E-state index in [-0.39, 0.29) is 6.04 Å². The third-order valence-corrected chi connectivity index (χ3v) is 7.04. The van der Waals surface area contributed by atoms with Crippen molar-refractivity contribution in [3.63, 3.8) is 0 Å². The number of para-hydroxylation sites is 1. The Hall–Kier alpha value is -2.31. The number of aromatic nitrogens is 1.